The summed E-state index contributed by atoms with van der Waals surface area (Å²) in [5.41, 5.74) is -1.34. The van der Waals surface area contributed by atoms with Crippen LogP contribution in [0.25, 0.3) is 0 Å². The van der Waals surface area contributed by atoms with E-state index in [-0.39, 0.29) is 45.6 Å². The molecule has 1 N–H and O–H groups in total. The SMILES string of the molecule is Cc1nc(Cc2cc(C(F)F)n[nH]c2=O)n(C)c(=O)c1Oc1cc(Cl)cc(C#N)c1. The Kier molecular flexibility index (Phi) is 5.94. The summed E-state index contributed by atoms with van der Waals surface area (Å²) in [4.78, 5) is 29.0. The molecule has 0 aliphatic carbocycles. The van der Waals surface area contributed by atoms with Crippen molar-refractivity contribution in [2.75, 3.05) is 0 Å². The maximum Gasteiger partial charge on any atom is 0.296 e. The Morgan fingerprint density at radius 1 is 1.30 bits per heavy atom. The molecule has 0 spiro atoms. The summed E-state index contributed by atoms with van der Waals surface area (Å²) in [6.07, 6.45) is -3.02. The molecule has 0 aliphatic rings. The Labute approximate surface area is 173 Å². The minimum absolute atomic E-state index is 0.00984. The van der Waals surface area contributed by atoms with Crippen molar-refractivity contribution >= 4 is 11.6 Å². The lowest BCUT2D eigenvalue weighted by Crippen LogP contribution is -2.26. The highest BCUT2D eigenvalue weighted by atomic mass is 35.5. The van der Waals surface area contributed by atoms with E-state index < -0.39 is 23.2 Å². The van der Waals surface area contributed by atoms with Crippen molar-refractivity contribution in [3.63, 3.8) is 0 Å². The number of halogens is 3. The van der Waals surface area contributed by atoms with E-state index in [1.165, 1.54) is 32.2 Å². The van der Waals surface area contributed by atoms with Crippen LogP contribution in [0.3, 0.4) is 0 Å². The fourth-order valence-corrected chi connectivity index (χ4v) is 2.93. The number of benzene rings is 1. The van der Waals surface area contributed by atoms with Crippen LogP contribution >= 0.6 is 11.6 Å². The normalized spacial score (nSPS) is 10.8. The average molecular weight is 434 g/mol. The van der Waals surface area contributed by atoms with Crippen molar-refractivity contribution in [3.8, 4) is 17.6 Å². The van der Waals surface area contributed by atoms with E-state index in [4.69, 9.17) is 21.6 Å². The second kappa shape index (κ2) is 8.42. The molecule has 2 aromatic heterocycles. The number of ether oxygens (including phenoxy) is 1. The Bertz CT molecular complexity index is 1280. The number of nitrogens with zero attached hydrogens (tertiary/aromatic N) is 4. The predicted octanol–water partition coefficient (Wildman–Crippen LogP) is 3.02. The van der Waals surface area contributed by atoms with Gasteiger partial charge in [0.1, 0.15) is 17.3 Å². The van der Waals surface area contributed by atoms with Gasteiger partial charge in [0, 0.05) is 24.1 Å². The molecule has 0 fully saturated rings. The molecule has 0 atom stereocenters. The van der Waals surface area contributed by atoms with Crippen LogP contribution < -0.4 is 15.9 Å². The highest BCUT2D eigenvalue weighted by Crippen LogP contribution is 2.26. The summed E-state index contributed by atoms with van der Waals surface area (Å²) in [5.74, 6) is 0.260. The zero-order chi connectivity index (χ0) is 22.0. The molecule has 0 saturated carbocycles. The second-order valence-electron chi connectivity index (χ2n) is 6.32. The van der Waals surface area contributed by atoms with Crippen LogP contribution in [-0.2, 0) is 13.5 Å². The first kappa shape index (κ1) is 21.1. The van der Waals surface area contributed by atoms with Crippen LogP contribution in [0.2, 0.25) is 5.02 Å². The molecule has 0 saturated heterocycles. The lowest BCUT2D eigenvalue weighted by molar-refractivity contribution is 0.144. The smallest absolute Gasteiger partial charge is 0.296 e. The minimum Gasteiger partial charge on any atom is -0.450 e. The van der Waals surface area contributed by atoms with Gasteiger partial charge in [-0.3, -0.25) is 14.2 Å². The Balaban J connectivity index is 1.99. The summed E-state index contributed by atoms with van der Waals surface area (Å²) >= 11 is 5.95. The van der Waals surface area contributed by atoms with Crippen molar-refractivity contribution < 1.29 is 13.5 Å². The molecule has 0 bridgehead atoms. The van der Waals surface area contributed by atoms with Gasteiger partial charge < -0.3 is 4.74 Å². The summed E-state index contributed by atoms with van der Waals surface area (Å²) in [5, 5.41) is 14.6. The highest BCUT2D eigenvalue weighted by molar-refractivity contribution is 6.30. The van der Waals surface area contributed by atoms with Gasteiger partial charge in [0.15, 0.2) is 0 Å². The highest BCUT2D eigenvalue weighted by Gasteiger charge is 2.18. The largest absolute Gasteiger partial charge is 0.450 e. The number of hydrogen-bond donors (Lipinski definition) is 1. The molecular weight excluding hydrogens is 420 g/mol. The molecule has 8 nitrogen and oxygen atoms in total. The van der Waals surface area contributed by atoms with Crippen molar-refractivity contribution in [1.82, 2.24) is 19.7 Å². The molecule has 0 aliphatic heterocycles. The molecule has 0 radical (unpaired) electrons. The molecule has 3 rings (SSSR count). The molecule has 0 unspecified atom stereocenters. The lowest BCUT2D eigenvalue weighted by Gasteiger charge is -2.13. The maximum atomic E-state index is 12.9. The number of nitrogens with one attached hydrogen (secondary N) is 1. The Morgan fingerprint density at radius 3 is 2.70 bits per heavy atom. The molecule has 0 amide bonds. The number of aryl methyl sites for hydroxylation is 1. The summed E-state index contributed by atoms with van der Waals surface area (Å²) in [6, 6.07) is 7.22. The summed E-state index contributed by atoms with van der Waals surface area (Å²) < 4.78 is 32.5. The van der Waals surface area contributed by atoms with Gasteiger partial charge >= 0.3 is 0 Å². The zero-order valence-electron chi connectivity index (χ0n) is 15.7. The topological polar surface area (TPSA) is 114 Å². The van der Waals surface area contributed by atoms with Crippen molar-refractivity contribution in [3.05, 3.63) is 78.3 Å². The van der Waals surface area contributed by atoms with Gasteiger partial charge in [-0.05, 0) is 31.2 Å². The van der Waals surface area contributed by atoms with Crippen LogP contribution in [0.15, 0.2) is 33.9 Å². The quantitative estimate of drug-likeness (QED) is 0.661. The third kappa shape index (κ3) is 4.36. The first-order chi connectivity index (χ1) is 14.2. The summed E-state index contributed by atoms with van der Waals surface area (Å²) in [7, 11) is 1.42. The van der Waals surface area contributed by atoms with E-state index in [0.717, 1.165) is 10.6 Å². The molecule has 3 aromatic rings. The van der Waals surface area contributed by atoms with Crippen LogP contribution in [0.4, 0.5) is 8.78 Å². The van der Waals surface area contributed by atoms with Crippen molar-refractivity contribution in [2.24, 2.45) is 7.05 Å². The number of nitriles is 1. The fraction of sp³-hybridized carbons (Fsp3) is 0.211. The van der Waals surface area contributed by atoms with Crippen molar-refractivity contribution in [2.45, 2.75) is 19.8 Å². The number of H-pyrrole nitrogens is 1. The molecule has 2 heterocycles. The summed E-state index contributed by atoms with van der Waals surface area (Å²) in [6.45, 7) is 1.53. The number of aromatic nitrogens is 4. The van der Waals surface area contributed by atoms with E-state index in [1.807, 2.05) is 11.2 Å². The third-order valence-electron chi connectivity index (χ3n) is 4.20. The first-order valence-electron chi connectivity index (χ1n) is 8.51. The standard InChI is InChI=1S/C19H14ClF2N5O3/c1-9-16(30-13-4-10(8-23)3-12(20)7-13)19(29)27(2)15(24-9)6-11-5-14(17(21)22)25-26-18(11)28/h3-5,7,17H,6H2,1-2H3,(H,26,28). The minimum atomic E-state index is -2.86. The van der Waals surface area contributed by atoms with E-state index in [0.29, 0.717) is 0 Å². The van der Waals surface area contributed by atoms with Crippen LogP contribution in [0.1, 0.15) is 34.8 Å². The van der Waals surface area contributed by atoms with Crippen LogP contribution in [0, 0.1) is 18.3 Å². The van der Waals surface area contributed by atoms with E-state index in [9.17, 15) is 18.4 Å². The number of rotatable bonds is 5. The average Bonchev–Trinajstić information content (AvgIpc) is 2.70. The monoisotopic (exact) mass is 433 g/mol. The van der Waals surface area contributed by atoms with Gasteiger partial charge in [-0.2, -0.15) is 10.4 Å². The lowest BCUT2D eigenvalue weighted by atomic mass is 10.1. The van der Waals surface area contributed by atoms with Crippen LogP contribution in [0.5, 0.6) is 11.5 Å². The molecule has 154 valence electrons. The molecule has 1 aromatic carbocycles. The first-order valence-corrected chi connectivity index (χ1v) is 8.89. The van der Waals surface area contributed by atoms with Gasteiger partial charge in [-0.1, -0.05) is 11.6 Å². The van der Waals surface area contributed by atoms with E-state index in [1.54, 1.807) is 0 Å². The number of alkyl halides is 2. The maximum absolute atomic E-state index is 12.9. The van der Waals surface area contributed by atoms with Gasteiger partial charge in [0.05, 0.1) is 17.3 Å². The van der Waals surface area contributed by atoms with Gasteiger partial charge in [-0.25, -0.2) is 18.9 Å². The van der Waals surface area contributed by atoms with Gasteiger partial charge in [0.25, 0.3) is 17.5 Å². The van der Waals surface area contributed by atoms with Gasteiger partial charge in [0.2, 0.25) is 5.75 Å². The fourth-order valence-electron chi connectivity index (χ4n) is 2.70. The Hall–Kier alpha value is -3.58. The van der Waals surface area contributed by atoms with E-state index in [2.05, 4.69) is 10.1 Å². The van der Waals surface area contributed by atoms with Crippen LogP contribution in [-0.4, -0.2) is 19.7 Å². The predicted molar refractivity (Wildman–Crippen MR) is 103 cm³/mol. The zero-order valence-corrected chi connectivity index (χ0v) is 16.5. The Morgan fingerprint density at radius 2 is 2.03 bits per heavy atom. The van der Waals surface area contributed by atoms with E-state index >= 15 is 0 Å². The molecule has 11 heteroatoms. The number of aromatic amines is 1. The molecule has 30 heavy (non-hydrogen) atoms. The second-order valence-corrected chi connectivity index (χ2v) is 6.76. The van der Waals surface area contributed by atoms with Crippen molar-refractivity contribution in [1.29, 1.82) is 5.26 Å². The molecular formula is C19H14ClF2N5O3. The third-order valence-corrected chi connectivity index (χ3v) is 4.42. The number of hydrogen-bond acceptors (Lipinski definition) is 6. The van der Waals surface area contributed by atoms with Gasteiger partial charge in [-0.15, -0.1) is 0 Å².